The third-order valence-corrected chi connectivity index (χ3v) is 2.96. The molecule has 6 heteroatoms. The van der Waals surface area contributed by atoms with Gasteiger partial charge < -0.3 is 14.5 Å². The van der Waals surface area contributed by atoms with Crippen LogP contribution >= 0.6 is 0 Å². The van der Waals surface area contributed by atoms with Crippen molar-refractivity contribution in [2.24, 2.45) is 0 Å². The van der Waals surface area contributed by atoms with Gasteiger partial charge in [-0.2, -0.15) is 0 Å². The lowest BCUT2D eigenvalue weighted by molar-refractivity contribution is -0.0398. The zero-order valence-electron chi connectivity index (χ0n) is 10.8. The highest BCUT2D eigenvalue weighted by Gasteiger charge is 2.23. The number of aromatic nitrogens is 2. The van der Waals surface area contributed by atoms with Crippen LogP contribution in [0.5, 0.6) is 0 Å². The molecule has 0 aromatic carbocycles. The second-order valence-electron chi connectivity index (χ2n) is 4.42. The predicted molar refractivity (Wildman–Crippen MR) is 66.6 cm³/mol. The van der Waals surface area contributed by atoms with Crippen LogP contribution < -0.4 is 5.56 Å². The van der Waals surface area contributed by atoms with E-state index in [4.69, 9.17) is 9.47 Å². The Balaban J connectivity index is 2.05. The first-order valence-corrected chi connectivity index (χ1v) is 6.10. The Bertz CT molecular complexity index is 446. The van der Waals surface area contributed by atoms with E-state index >= 15 is 0 Å². The minimum atomic E-state index is -0.164. The van der Waals surface area contributed by atoms with Crippen LogP contribution in [0.15, 0.2) is 10.9 Å². The molecule has 0 unspecified atom stereocenters. The molecule has 1 atom stereocenters. The fourth-order valence-corrected chi connectivity index (χ4v) is 2.05. The largest absolute Gasteiger partial charge is 0.383 e. The molecule has 0 bridgehead atoms. The van der Waals surface area contributed by atoms with E-state index in [1.807, 2.05) is 6.92 Å². The number of aryl methyl sites for hydroxylation is 1. The smallest absolute Gasteiger partial charge is 0.251 e. The van der Waals surface area contributed by atoms with Crippen molar-refractivity contribution in [2.45, 2.75) is 13.0 Å². The molecule has 0 amide bonds. The quantitative estimate of drug-likeness (QED) is 0.824. The van der Waals surface area contributed by atoms with Gasteiger partial charge in [0.25, 0.3) is 5.56 Å². The van der Waals surface area contributed by atoms with Gasteiger partial charge in [0.15, 0.2) is 0 Å². The average molecular weight is 253 g/mol. The number of morpholine rings is 1. The Morgan fingerprint density at radius 3 is 3.22 bits per heavy atom. The molecule has 0 radical (unpaired) electrons. The van der Waals surface area contributed by atoms with Crippen molar-refractivity contribution < 1.29 is 9.47 Å². The van der Waals surface area contributed by atoms with Gasteiger partial charge in [-0.05, 0) is 6.92 Å². The van der Waals surface area contributed by atoms with Crippen molar-refractivity contribution >= 4 is 0 Å². The molecule has 1 saturated heterocycles. The number of H-pyrrole nitrogens is 1. The molecule has 1 aromatic rings. The lowest BCUT2D eigenvalue weighted by Gasteiger charge is -2.32. The van der Waals surface area contributed by atoms with Crippen LogP contribution in [0.4, 0.5) is 0 Å². The Kier molecular flexibility index (Phi) is 4.46. The molecule has 2 heterocycles. The molecule has 100 valence electrons. The predicted octanol–water partition coefficient (Wildman–Crippen LogP) is 0.0980. The Morgan fingerprint density at radius 2 is 2.50 bits per heavy atom. The Morgan fingerprint density at radius 1 is 1.67 bits per heavy atom. The molecule has 2 rings (SSSR count). The first kappa shape index (κ1) is 13.2. The van der Waals surface area contributed by atoms with Crippen LogP contribution in [0.3, 0.4) is 0 Å². The maximum atomic E-state index is 11.4. The summed E-state index contributed by atoms with van der Waals surface area (Å²) in [5.74, 6) is 0.613. The second-order valence-corrected chi connectivity index (χ2v) is 4.42. The van der Waals surface area contributed by atoms with Crippen molar-refractivity contribution in [2.75, 3.05) is 40.0 Å². The van der Waals surface area contributed by atoms with E-state index in [0.717, 1.165) is 19.6 Å². The summed E-state index contributed by atoms with van der Waals surface area (Å²) < 4.78 is 10.7. The normalized spacial score (nSPS) is 21.1. The summed E-state index contributed by atoms with van der Waals surface area (Å²) in [7, 11) is 1.69. The van der Waals surface area contributed by atoms with Gasteiger partial charge in [0, 0.05) is 38.5 Å². The van der Waals surface area contributed by atoms with E-state index in [9.17, 15) is 4.79 Å². The summed E-state index contributed by atoms with van der Waals surface area (Å²) >= 11 is 0. The third kappa shape index (κ3) is 3.38. The molecule has 0 spiro atoms. The van der Waals surface area contributed by atoms with Crippen LogP contribution in [-0.2, 0) is 9.47 Å². The number of hydrogen-bond acceptors (Lipinski definition) is 5. The molecule has 1 aliphatic heterocycles. The first-order valence-electron chi connectivity index (χ1n) is 6.10. The highest BCUT2D eigenvalue weighted by Crippen LogP contribution is 2.18. The van der Waals surface area contributed by atoms with Gasteiger partial charge in [-0.1, -0.05) is 0 Å². The molecule has 6 nitrogen and oxygen atoms in total. The zero-order chi connectivity index (χ0) is 13.0. The molecule has 1 aromatic heterocycles. The van der Waals surface area contributed by atoms with Crippen LogP contribution in [0, 0.1) is 6.92 Å². The molecule has 0 saturated carbocycles. The van der Waals surface area contributed by atoms with E-state index in [0.29, 0.717) is 24.7 Å². The van der Waals surface area contributed by atoms with E-state index in [2.05, 4.69) is 14.9 Å². The average Bonchev–Trinajstić information content (AvgIpc) is 2.35. The summed E-state index contributed by atoms with van der Waals surface area (Å²) in [6.07, 6.45) is -0.164. The lowest BCUT2D eigenvalue weighted by atomic mass is 10.2. The van der Waals surface area contributed by atoms with E-state index in [1.165, 1.54) is 6.07 Å². The zero-order valence-corrected chi connectivity index (χ0v) is 10.8. The summed E-state index contributed by atoms with van der Waals surface area (Å²) in [5, 5.41) is 0. The second kappa shape index (κ2) is 6.08. The number of methoxy groups -OCH3 is 1. The van der Waals surface area contributed by atoms with Crippen molar-refractivity contribution in [1.29, 1.82) is 0 Å². The molecule has 0 aliphatic carbocycles. The third-order valence-electron chi connectivity index (χ3n) is 2.96. The van der Waals surface area contributed by atoms with Crippen LogP contribution in [0.25, 0.3) is 0 Å². The van der Waals surface area contributed by atoms with Crippen molar-refractivity contribution in [3.05, 3.63) is 27.9 Å². The van der Waals surface area contributed by atoms with Gasteiger partial charge in [-0.3, -0.25) is 9.69 Å². The summed E-state index contributed by atoms with van der Waals surface area (Å²) in [6.45, 7) is 5.64. The fraction of sp³-hybridized carbons (Fsp3) is 0.667. The van der Waals surface area contributed by atoms with Crippen molar-refractivity contribution in [1.82, 2.24) is 14.9 Å². The molecule has 1 N–H and O–H groups in total. The maximum absolute atomic E-state index is 11.4. The monoisotopic (exact) mass is 253 g/mol. The number of rotatable bonds is 4. The minimum absolute atomic E-state index is 0.130. The number of hydrogen-bond donors (Lipinski definition) is 1. The first-order chi connectivity index (χ1) is 8.69. The lowest BCUT2D eigenvalue weighted by Crippen LogP contribution is -2.41. The van der Waals surface area contributed by atoms with Gasteiger partial charge in [-0.15, -0.1) is 0 Å². The molecule has 18 heavy (non-hydrogen) atoms. The summed E-state index contributed by atoms with van der Waals surface area (Å²) in [4.78, 5) is 20.8. The molecule has 1 fully saturated rings. The number of nitrogens with one attached hydrogen (secondary N) is 1. The molecular formula is C12H19N3O3. The topological polar surface area (TPSA) is 67.5 Å². The van der Waals surface area contributed by atoms with Crippen molar-refractivity contribution in [3.63, 3.8) is 0 Å². The van der Waals surface area contributed by atoms with E-state index in [-0.39, 0.29) is 11.7 Å². The SMILES string of the molecule is COCCN1CCO[C@@H](c2nc(C)cc(=O)[nH]2)C1. The summed E-state index contributed by atoms with van der Waals surface area (Å²) in [5.41, 5.74) is 0.585. The van der Waals surface area contributed by atoms with Gasteiger partial charge in [-0.25, -0.2) is 4.98 Å². The van der Waals surface area contributed by atoms with Crippen molar-refractivity contribution in [3.8, 4) is 0 Å². The Labute approximate surface area is 106 Å². The van der Waals surface area contributed by atoms with Gasteiger partial charge in [0.05, 0.1) is 13.2 Å². The summed E-state index contributed by atoms with van der Waals surface area (Å²) in [6, 6.07) is 1.48. The number of nitrogens with zero attached hydrogens (tertiary/aromatic N) is 2. The van der Waals surface area contributed by atoms with Crippen LogP contribution in [-0.4, -0.2) is 54.8 Å². The number of ether oxygens (including phenoxy) is 2. The molecular weight excluding hydrogens is 234 g/mol. The van der Waals surface area contributed by atoms with Crippen LogP contribution in [0.2, 0.25) is 0 Å². The molecule has 1 aliphatic rings. The highest BCUT2D eigenvalue weighted by molar-refractivity contribution is 5.03. The minimum Gasteiger partial charge on any atom is -0.383 e. The van der Waals surface area contributed by atoms with E-state index in [1.54, 1.807) is 7.11 Å². The van der Waals surface area contributed by atoms with Gasteiger partial charge in [0.1, 0.15) is 11.9 Å². The Hall–Kier alpha value is -1.24. The number of aromatic amines is 1. The fourth-order valence-electron chi connectivity index (χ4n) is 2.05. The van der Waals surface area contributed by atoms with Gasteiger partial charge in [0.2, 0.25) is 0 Å². The maximum Gasteiger partial charge on any atom is 0.251 e. The van der Waals surface area contributed by atoms with Gasteiger partial charge >= 0.3 is 0 Å². The van der Waals surface area contributed by atoms with Crippen LogP contribution in [0.1, 0.15) is 17.6 Å². The highest BCUT2D eigenvalue weighted by atomic mass is 16.5. The van der Waals surface area contributed by atoms with E-state index < -0.39 is 0 Å². The standard InChI is InChI=1S/C12H19N3O3/c1-9-7-11(16)14-12(13-9)10-8-15(3-5-17-2)4-6-18-10/h7,10H,3-6,8H2,1-2H3,(H,13,14,16)/t10-/m1/s1.